The molecule has 1 heterocycles. The number of benzene rings is 2. The summed E-state index contributed by atoms with van der Waals surface area (Å²) in [7, 11) is 1.65. The zero-order chi connectivity index (χ0) is 12.4. The number of hydrogen-bond acceptors (Lipinski definition) is 3. The topological polar surface area (TPSA) is 39.9 Å². The van der Waals surface area contributed by atoms with Crippen molar-refractivity contribution in [2.75, 3.05) is 7.11 Å². The molecule has 0 aliphatic heterocycles. The van der Waals surface area contributed by atoms with E-state index in [0.717, 1.165) is 23.3 Å². The molecule has 18 heavy (non-hydrogen) atoms. The molecule has 4 nitrogen and oxygen atoms in total. The molecule has 3 rings (SSSR count). The molecule has 0 fully saturated rings. The second-order valence-electron chi connectivity index (χ2n) is 4.09. The summed E-state index contributed by atoms with van der Waals surface area (Å²) in [5, 5.41) is 8.33. The Labute approximate surface area is 105 Å². The molecule has 0 amide bonds. The summed E-state index contributed by atoms with van der Waals surface area (Å²) in [6.45, 7) is 0.726. The zero-order valence-electron chi connectivity index (χ0n) is 10.1. The van der Waals surface area contributed by atoms with E-state index in [-0.39, 0.29) is 0 Å². The lowest BCUT2D eigenvalue weighted by molar-refractivity contribution is 0.415. The van der Waals surface area contributed by atoms with Crippen LogP contribution in [-0.4, -0.2) is 22.1 Å². The fourth-order valence-corrected chi connectivity index (χ4v) is 1.95. The van der Waals surface area contributed by atoms with Gasteiger partial charge in [0.2, 0.25) is 0 Å². The molecule has 0 saturated heterocycles. The van der Waals surface area contributed by atoms with Gasteiger partial charge < -0.3 is 4.74 Å². The van der Waals surface area contributed by atoms with Gasteiger partial charge in [0.05, 0.1) is 19.2 Å². The second kappa shape index (κ2) is 4.49. The summed E-state index contributed by atoms with van der Waals surface area (Å²) in [6, 6.07) is 16.0. The molecular weight excluding hydrogens is 226 g/mol. The van der Waals surface area contributed by atoms with E-state index < -0.39 is 0 Å². The molecule has 0 atom stereocenters. The summed E-state index contributed by atoms with van der Waals surface area (Å²) in [5.41, 5.74) is 3.07. The highest BCUT2D eigenvalue weighted by Crippen LogP contribution is 2.19. The Balaban J connectivity index is 1.98. The molecule has 0 aliphatic rings. The van der Waals surface area contributed by atoms with Gasteiger partial charge in [-0.2, -0.15) is 0 Å². The van der Waals surface area contributed by atoms with Gasteiger partial charge in [-0.25, -0.2) is 4.68 Å². The van der Waals surface area contributed by atoms with Crippen molar-refractivity contribution < 1.29 is 4.74 Å². The van der Waals surface area contributed by atoms with E-state index in [0.29, 0.717) is 0 Å². The number of hydrogen-bond donors (Lipinski definition) is 0. The van der Waals surface area contributed by atoms with Crippen LogP contribution in [0.1, 0.15) is 5.56 Å². The van der Waals surface area contributed by atoms with Gasteiger partial charge in [0.1, 0.15) is 11.3 Å². The maximum atomic E-state index is 5.17. The van der Waals surface area contributed by atoms with Gasteiger partial charge in [0.15, 0.2) is 0 Å². The quantitative estimate of drug-likeness (QED) is 0.705. The Morgan fingerprint density at radius 3 is 2.72 bits per heavy atom. The highest BCUT2D eigenvalue weighted by Gasteiger charge is 2.05. The number of rotatable bonds is 3. The molecule has 0 unspecified atom stereocenters. The molecule has 4 heteroatoms. The third kappa shape index (κ3) is 1.93. The Kier molecular flexibility index (Phi) is 2.68. The van der Waals surface area contributed by atoms with Crippen molar-refractivity contribution in [3.05, 3.63) is 54.1 Å². The van der Waals surface area contributed by atoms with Crippen LogP contribution in [0.25, 0.3) is 11.0 Å². The average molecular weight is 239 g/mol. The largest absolute Gasteiger partial charge is 0.497 e. The number of nitrogens with zero attached hydrogens (tertiary/aromatic N) is 3. The van der Waals surface area contributed by atoms with Crippen molar-refractivity contribution >= 4 is 11.0 Å². The molecular formula is C14H13N3O. The molecule has 90 valence electrons. The van der Waals surface area contributed by atoms with Gasteiger partial charge in [-0.3, -0.25) is 0 Å². The Hall–Kier alpha value is -2.36. The number of fused-ring (bicyclic) bond motifs is 1. The molecule has 0 saturated carbocycles. The first-order valence-electron chi connectivity index (χ1n) is 5.78. The van der Waals surface area contributed by atoms with Crippen LogP contribution in [-0.2, 0) is 6.54 Å². The van der Waals surface area contributed by atoms with Crippen molar-refractivity contribution in [2.45, 2.75) is 6.54 Å². The Morgan fingerprint density at radius 2 is 1.94 bits per heavy atom. The van der Waals surface area contributed by atoms with Gasteiger partial charge in [-0.05, 0) is 17.7 Å². The fourth-order valence-electron chi connectivity index (χ4n) is 1.95. The van der Waals surface area contributed by atoms with Crippen molar-refractivity contribution in [1.82, 2.24) is 15.0 Å². The number of aromatic nitrogens is 3. The van der Waals surface area contributed by atoms with Crippen molar-refractivity contribution in [1.29, 1.82) is 0 Å². The minimum Gasteiger partial charge on any atom is -0.497 e. The summed E-state index contributed by atoms with van der Waals surface area (Å²) in [6.07, 6.45) is 0. The molecule has 0 spiro atoms. The van der Waals surface area contributed by atoms with Crippen LogP contribution in [0, 0.1) is 0 Å². The van der Waals surface area contributed by atoms with E-state index in [9.17, 15) is 0 Å². The molecule has 0 bridgehead atoms. The smallest absolute Gasteiger partial charge is 0.121 e. The second-order valence-corrected chi connectivity index (χ2v) is 4.09. The minimum atomic E-state index is 0.726. The van der Waals surface area contributed by atoms with Crippen LogP contribution in [0.3, 0.4) is 0 Å². The third-order valence-corrected chi connectivity index (χ3v) is 2.90. The number of methoxy groups -OCH3 is 1. The standard InChI is InChI=1S/C14H13N3O/c1-18-12-7-8-14-13(9-12)15-16-17(14)10-11-5-3-2-4-6-11/h2-9H,10H2,1H3. The van der Waals surface area contributed by atoms with Gasteiger partial charge in [0, 0.05) is 6.07 Å². The monoisotopic (exact) mass is 239 g/mol. The lowest BCUT2D eigenvalue weighted by Gasteiger charge is -2.03. The molecule has 0 radical (unpaired) electrons. The first-order valence-corrected chi connectivity index (χ1v) is 5.78. The summed E-state index contributed by atoms with van der Waals surface area (Å²) >= 11 is 0. The van der Waals surface area contributed by atoms with Crippen LogP contribution in [0.5, 0.6) is 5.75 Å². The molecule has 3 aromatic rings. The van der Waals surface area contributed by atoms with E-state index in [1.165, 1.54) is 5.56 Å². The molecule has 0 aliphatic carbocycles. The van der Waals surface area contributed by atoms with Gasteiger partial charge >= 0.3 is 0 Å². The fraction of sp³-hybridized carbons (Fsp3) is 0.143. The van der Waals surface area contributed by atoms with Crippen molar-refractivity contribution in [3.8, 4) is 5.75 Å². The normalized spacial score (nSPS) is 10.7. The van der Waals surface area contributed by atoms with Crippen LogP contribution in [0.4, 0.5) is 0 Å². The molecule has 1 aromatic heterocycles. The first kappa shape index (κ1) is 10.8. The van der Waals surface area contributed by atoms with Crippen LogP contribution < -0.4 is 4.74 Å². The Bertz CT molecular complexity index is 661. The van der Waals surface area contributed by atoms with Crippen LogP contribution >= 0.6 is 0 Å². The zero-order valence-corrected chi connectivity index (χ0v) is 10.1. The molecule has 2 aromatic carbocycles. The minimum absolute atomic E-state index is 0.726. The SMILES string of the molecule is COc1ccc2c(c1)nnn2Cc1ccccc1. The van der Waals surface area contributed by atoms with E-state index in [1.54, 1.807) is 7.11 Å². The van der Waals surface area contributed by atoms with Crippen LogP contribution in [0.2, 0.25) is 0 Å². The maximum absolute atomic E-state index is 5.17. The van der Waals surface area contributed by atoms with E-state index in [4.69, 9.17) is 4.74 Å². The summed E-state index contributed by atoms with van der Waals surface area (Å²) < 4.78 is 7.07. The summed E-state index contributed by atoms with van der Waals surface area (Å²) in [4.78, 5) is 0. The van der Waals surface area contributed by atoms with Gasteiger partial charge in [-0.1, -0.05) is 35.5 Å². The van der Waals surface area contributed by atoms with Crippen LogP contribution in [0.15, 0.2) is 48.5 Å². The maximum Gasteiger partial charge on any atom is 0.121 e. The molecule has 0 N–H and O–H groups in total. The van der Waals surface area contributed by atoms with Crippen molar-refractivity contribution in [3.63, 3.8) is 0 Å². The van der Waals surface area contributed by atoms with Gasteiger partial charge in [-0.15, -0.1) is 5.10 Å². The predicted octanol–water partition coefficient (Wildman–Crippen LogP) is 2.49. The lowest BCUT2D eigenvalue weighted by Crippen LogP contribution is -2.01. The average Bonchev–Trinajstić information content (AvgIpc) is 2.82. The van der Waals surface area contributed by atoms with E-state index in [2.05, 4.69) is 22.4 Å². The van der Waals surface area contributed by atoms with Gasteiger partial charge in [0.25, 0.3) is 0 Å². The van der Waals surface area contributed by atoms with Crippen molar-refractivity contribution in [2.24, 2.45) is 0 Å². The predicted molar refractivity (Wildman–Crippen MR) is 69.6 cm³/mol. The Morgan fingerprint density at radius 1 is 1.11 bits per heavy atom. The highest BCUT2D eigenvalue weighted by atomic mass is 16.5. The number of ether oxygens (including phenoxy) is 1. The first-order chi connectivity index (χ1) is 8.86. The van der Waals surface area contributed by atoms with E-state index >= 15 is 0 Å². The van der Waals surface area contributed by atoms with E-state index in [1.807, 2.05) is 41.1 Å². The summed E-state index contributed by atoms with van der Waals surface area (Å²) in [5.74, 6) is 0.800. The lowest BCUT2D eigenvalue weighted by atomic mass is 10.2. The highest BCUT2D eigenvalue weighted by molar-refractivity contribution is 5.76. The third-order valence-electron chi connectivity index (χ3n) is 2.90.